The zero-order chi connectivity index (χ0) is 14.7. The molecule has 116 valence electrons. The summed E-state index contributed by atoms with van der Waals surface area (Å²) in [5.41, 5.74) is 6.65. The smallest absolute Gasteiger partial charge is 0.242 e. The summed E-state index contributed by atoms with van der Waals surface area (Å²) < 4.78 is 11.3. The van der Waals surface area contributed by atoms with Crippen molar-refractivity contribution in [1.29, 1.82) is 0 Å². The highest BCUT2D eigenvalue weighted by atomic mass is 16.5. The molecule has 3 N–H and O–H groups in total. The Labute approximate surface area is 125 Å². The van der Waals surface area contributed by atoms with Crippen molar-refractivity contribution < 1.29 is 9.47 Å². The fourth-order valence-corrected chi connectivity index (χ4v) is 2.45. The third-order valence-corrected chi connectivity index (χ3v) is 3.83. The van der Waals surface area contributed by atoms with Crippen molar-refractivity contribution in [2.45, 2.75) is 51.0 Å². The van der Waals surface area contributed by atoms with Crippen molar-refractivity contribution in [3.05, 3.63) is 5.82 Å². The first kappa shape index (κ1) is 14.4. The van der Waals surface area contributed by atoms with Gasteiger partial charge in [-0.3, -0.25) is 0 Å². The van der Waals surface area contributed by atoms with Crippen LogP contribution in [0, 0.1) is 0 Å². The standard InChI is InChI=1S/C15H24N4O2/c1-2-7-21-15-12(16)14(17-9-11-4-3-8-20-11)18-13(19-15)10-5-6-10/h10-11H,2-9,16H2,1H3,(H,17,18,19). The number of nitrogen functional groups attached to an aromatic ring is 1. The van der Waals surface area contributed by atoms with Crippen molar-refractivity contribution in [2.75, 3.05) is 30.8 Å². The zero-order valence-electron chi connectivity index (χ0n) is 12.6. The highest BCUT2D eigenvalue weighted by Gasteiger charge is 2.29. The Balaban J connectivity index is 1.74. The highest BCUT2D eigenvalue weighted by molar-refractivity contribution is 5.67. The lowest BCUT2D eigenvalue weighted by atomic mass is 10.2. The molecule has 0 bridgehead atoms. The van der Waals surface area contributed by atoms with Crippen LogP contribution in [0.2, 0.25) is 0 Å². The molecule has 2 heterocycles. The van der Waals surface area contributed by atoms with E-state index >= 15 is 0 Å². The summed E-state index contributed by atoms with van der Waals surface area (Å²) in [7, 11) is 0. The Bertz CT molecular complexity index is 485. The molecule has 1 saturated heterocycles. The number of hydrogen-bond donors (Lipinski definition) is 2. The third-order valence-electron chi connectivity index (χ3n) is 3.83. The minimum atomic E-state index is 0.253. The predicted molar refractivity (Wildman–Crippen MR) is 81.7 cm³/mol. The maximum atomic E-state index is 6.14. The Hall–Kier alpha value is -1.56. The van der Waals surface area contributed by atoms with Crippen LogP contribution in [0.5, 0.6) is 5.88 Å². The second-order valence-electron chi connectivity index (χ2n) is 5.79. The maximum absolute atomic E-state index is 6.14. The molecule has 1 saturated carbocycles. The van der Waals surface area contributed by atoms with Gasteiger partial charge >= 0.3 is 0 Å². The van der Waals surface area contributed by atoms with E-state index in [2.05, 4.69) is 22.2 Å². The Kier molecular flexibility index (Phi) is 4.43. The number of nitrogens with zero attached hydrogens (tertiary/aromatic N) is 2. The topological polar surface area (TPSA) is 82.3 Å². The predicted octanol–water partition coefficient (Wildman–Crippen LogP) is 2.32. The summed E-state index contributed by atoms with van der Waals surface area (Å²) in [5.74, 6) is 2.53. The van der Waals surface area contributed by atoms with Gasteiger partial charge in [-0.1, -0.05) is 6.92 Å². The van der Waals surface area contributed by atoms with Gasteiger partial charge in [0.05, 0.1) is 12.7 Å². The van der Waals surface area contributed by atoms with E-state index in [1.807, 2.05) is 0 Å². The summed E-state index contributed by atoms with van der Waals surface area (Å²) in [4.78, 5) is 9.06. The van der Waals surface area contributed by atoms with Crippen molar-refractivity contribution in [3.8, 4) is 5.88 Å². The van der Waals surface area contributed by atoms with Gasteiger partial charge in [-0.05, 0) is 32.1 Å². The van der Waals surface area contributed by atoms with E-state index in [1.165, 1.54) is 0 Å². The van der Waals surface area contributed by atoms with E-state index in [-0.39, 0.29) is 6.10 Å². The van der Waals surface area contributed by atoms with E-state index < -0.39 is 0 Å². The van der Waals surface area contributed by atoms with Crippen LogP contribution < -0.4 is 15.8 Å². The zero-order valence-corrected chi connectivity index (χ0v) is 12.6. The molecule has 0 amide bonds. The number of nitrogens with one attached hydrogen (secondary N) is 1. The van der Waals surface area contributed by atoms with Crippen LogP contribution in [0.1, 0.15) is 50.8 Å². The molecule has 21 heavy (non-hydrogen) atoms. The van der Waals surface area contributed by atoms with Crippen LogP contribution in [-0.4, -0.2) is 35.8 Å². The van der Waals surface area contributed by atoms with Crippen LogP contribution in [0.4, 0.5) is 11.5 Å². The largest absolute Gasteiger partial charge is 0.476 e. The monoisotopic (exact) mass is 292 g/mol. The number of nitrogens with two attached hydrogens (primary N) is 1. The van der Waals surface area contributed by atoms with Gasteiger partial charge in [-0.15, -0.1) is 0 Å². The first-order chi connectivity index (χ1) is 10.3. The summed E-state index contributed by atoms with van der Waals surface area (Å²) in [5, 5.41) is 3.31. The number of hydrogen-bond acceptors (Lipinski definition) is 6. The molecule has 3 rings (SSSR count). The second-order valence-corrected chi connectivity index (χ2v) is 5.79. The van der Waals surface area contributed by atoms with Crippen LogP contribution >= 0.6 is 0 Å². The lowest BCUT2D eigenvalue weighted by Gasteiger charge is -2.16. The number of rotatable bonds is 7. The molecule has 0 aromatic carbocycles. The number of anilines is 2. The fourth-order valence-electron chi connectivity index (χ4n) is 2.45. The van der Waals surface area contributed by atoms with Crippen molar-refractivity contribution in [1.82, 2.24) is 9.97 Å². The molecule has 1 unspecified atom stereocenters. The van der Waals surface area contributed by atoms with Gasteiger partial charge < -0.3 is 20.5 Å². The van der Waals surface area contributed by atoms with Crippen LogP contribution in [0.25, 0.3) is 0 Å². The minimum absolute atomic E-state index is 0.253. The van der Waals surface area contributed by atoms with Crippen LogP contribution in [-0.2, 0) is 4.74 Å². The molecule has 1 aromatic rings. The fraction of sp³-hybridized carbons (Fsp3) is 0.733. The average Bonchev–Trinajstić information content (AvgIpc) is 3.21. The van der Waals surface area contributed by atoms with Gasteiger partial charge in [0.2, 0.25) is 5.88 Å². The summed E-state index contributed by atoms with van der Waals surface area (Å²) in [6.07, 6.45) is 5.71. The average molecular weight is 292 g/mol. The van der Waals surface area contributed by atoms with Crippen LogP contribution in [0.15, 0.2) is 0 Å². The lowest BCUT2D eigenvalue weighted by molar-refractivity contribution is 0.120. The van der Waals surface area contributed by atoms with E-state index in [4.69, 9.17) is 15.2 Å². The molecule has 6 nitrogen and oxygen atoms in total. The summed E-state index contributed by atoms with van der Waals surface area (Å²) in [6, 6.07) is 0. The van der Waals surface area contributed by atoms with Gasteiger partial charge in [0.1, 0.15) is 11.5 Å². The summed E-state index contributed by atoms with van der Waals surface area (Å²) in [6.45, 7) is 4.27. The van der Waals surface area contributed by atoms with Gasteiger partial charge in [0.15, 0.2) is 5.82 Å². The van der Waals surface area contributed by atoms with Gasteiger partial charge in [0, 0.05) is 19.1 Å². The lowest BCUT2D eigenvalue weighted by Crippen LogP contribution is -2.20. The molecule has 0 radical (unpaired) electrons. The van der Waals surface area contributed by atoms with Gasteiger partial charge in [0.25, 0.3) is 0 Å². The van der Waals surface area contributed by atoms with Crippen molar-refractivity contribution >= 4 is 11.5 Å². The van der Waals surface area contributed by atoms with Gasteiger partial charge in [-0.25, -0.2) is 4.98 Å². The first-order valence-corrected chi connectivity index (χ1v) is 7.93. The molecule has 0 spiro atoms. The molecule has 1 atom stereocenters. The van der Waals surface area contributed by atoms with E-state index in [9.17, 15) is 0 Å². The quantitative estimate of drug-likeness (QED) is 0.802. The molecule has 6 heteroatoms. The van der Waals surface area contributed by atoms with Crippen LogP contribution in [0.3, 0.4) is 0 Å². The summed E-state index contributed by atoms with van der Waals surface area (Å²) >= 11 is 0. The molecular formula is C15H24N4O2. The third kappa shape index (κ3) is 3.56. The van der Waals surface area contributed by atoms with Gasteiger partial charge in [-0.2, -0.15) is 4.98 Å². The highest BCUT2D eigenvalue weighted by Crippen LogP contribution is 2.40. The van der Waals surface area contributed by atoms with E-state index in [0.29, 0.717) is 29.9 Å². The van der Waals surface area contributed by atoms with Crippen molar-refractivity contribution in [3.63, 3.8) is 0 Å². The Morgan fingerprint density at radius 1 is 1.33 bits per heavy atom. The number of aromatic nitrogens is 2. The number of ether oxygens (including phenoxy) is 2. The minimum Gasteiger partial charge on any atom is -0.476 e. The normalized spacial score (nSPS) is 21.5. The van der Waals surface area contributed by atoms with E-state index in [1.54, 1.807) is 0 Å². The molecule has 1 aliphatic heterocycles. The Morgan fingerprint density at radius 3 is 2.86 bits per heavy atom. The maximum Gasteiger partial charge on any atom is 0.242 e. The first-order valence-electron chi connectivity index (χ1n) is 7.93. The molecule has 1 aromatic heterocycles. The van der Waals surface area contributed by atoms with E-state index in [0.717, 1.165) is 51.1 Å². The SMILES string of the molecule is CCCOc1nc(C2CC2)nc(NCC2CCCO2)c1N. The second kappa shape index (κ2) is 6.47. The molecule has 1 aliphatic carbocycles. The molecule has 2 aliphatic rings. The molecular weight excluding hydrogens is 268 g/mol. The Morgan fingerprint density at radius 2 is 2.19 bits per heavy atom. The molecule has 2 fully saturated rings. The van der Waals surface area contributed by atoms with Crippen molar-refractivity contribution in [2.24, 2.45) is 0 Å².